The SMILES string of the molecule is CC1(C)CC(C)(C)c2c(N)c(N)cc(F)c21. The molecule has 0 saturated heterocycles. The molecular formula is C13H19FN2. The predicted molar refractivity (Wildman–Crippen MR) is 65.9 cm³/mol. The highest BCUT2D eigenvalue weighted by atomic mass is 19.1. The number of rotatable bonds is 0. The molecule has 16 heavy (non-hydrogen) atoms. The van der Waals surface area contributed by atoms with Crippen LogP contribution in [0.25, 0.3) is 0 Å². The van der Waals surface area contributed by atoms with Crippen LogP contribution in [-0.4, -0.2) is 0 Å². The van der Waals surface area contributed by atoms with E-state index in [0.29, 0.717) is 11.4 Å². The molecule has 0 atom stereocenters. The minimum absolute atomic E-state index is 0.112. The van der Waals surface area contributed by atoms with Gasteiger partial charge in [0, 0.05) is 0 Å². The van der Waals surface area contributed by atoms with Crippen LogP contribution in [0.1, 0.15) is 45.2 Å². The van der Waals surface area contributed by atoms with Crippen molar-refractivity contribution >= 4 is 11.4 Å². The Morgan fingerprint density at radius 1 is 1.06 bits per heavy atom. The standard InChI is InChI=1S/C13H19FN2/c1-12(2)6-13(3,4)10-9(12)7(14)5-8(15)11(10)16/h5H,6,15-16H2,1-4H3. The summed E-state index contributed by atoms with van der Waals surface area (Å²) >= 11 is 0. The average molecular weight is 222 g/mol. The first-order valence-electron chi connectivity index (χ1n) is 5.55. The van der Waals surface area contributed by atoms with Gasteiger partial charge in [-0.15, -0.1) is 0 Å². The highest BCUT2D eigenvalue weighted by molar-refractivity contribution is 5.73. The van der Waals surface area contributed by atoms with E-state index < -0.39 is 0 Å². The van der Waals surface area contributed by atoms with E-state index in [4.69, 9.17) is 11.5 Å². The summed E-state index contributed by atoms with van der Waals surface area (Å²) in [6, 6.07) is 1.34. The topological polar surface area (TPSA) is 52.0 Å². The molecule has 0 saturated carbocycles. The number of hydrogen-bond donors (Lipinski definition) is 2. The Hall–Kier alpha value is -1.25. The highest BCUT2D eigenvalue weighted by Crippen LogP contribution is 2.53. The van der Waals surface area contributed by atoms with E-state index >= 15 is 0 Å². The van der Waals surface area contributed by atoms with Gasteiger partial charge in [-0.3, -0.25) is 0 Å². The first-order valence-corrected chi connectivity index (χ1v) is 5.55. The summed E-state index contributed by atoms with van der Waals surface area (Å²) in [7, 11) is 0. The van der Waals surface area contributed by atoms with Crippen LogP contribution in [0.4, 0.5) is 15.8 Å². The van der Waals surface area contributed by atoms with E-state index in [-0.39, 0.29) is 16.6 Å². The Labute approximate surface area is 95.8 Å². The van der Waals surface area contributed by atoms with Gasteiger partial charge in [0.2, 0.25) is 0 Å². The summed E-state index contributed by atoms with van der Waals surface area (Å²) in [4.78, 5) is 0. The number of nitrogens with two attached hydrogens (primary N) is 2. The molecule has 1 aliphatic carbocycles. The molecule has 0 unspecified atom stereocenters. The fraction of sp³-hybridized carbons (Fsp3) is 0.538. The Bertz CT molecular complexity index is 461. The number of nitrogen functional groups attached to an aromatic ring is 2. The second-order valence-electron chi connectivity index (χ2n) is 6.06. The van der Waals surface area contributed by atoms with Gasteiger partial charge in [-0.05, 0) is 34.4 Å². The molecule has 1 aromatic rings. The lowest BCUT2D eigenvalue weighted by atomic mass is 9.81. The molecule has 2 nitrogen and oxygen atoms in total. The van der Waals surface area contributed by atoms with Crippen molar-refractivity contribution in [1.82, 2.24) is 0 Å². The number of fused-ring (bicyclic) bond motifs is 1. The maximum absolute atomic E-state index is 14.0. The molecule has 0 fully saturated rings. The molecule has 1 aromatic carbocycles. The molecule has 0 radical (unpaired) electrons. The molecule has 0 bridgehead atoms. The molecular weight excluding hydrogens is 203 g/mol. The summed E-state index contributed by atoms with van der Waals surface area (Å²) in [5.74, 6) is -0.225. The zero-order valence-electron chi connectivity index (χ0n) is 10.3. The second-order valence-corrected chi connectivity index (χ2v) is 6.06. The van der Waals surface area contributed by atoms with Crippen LogP contribution < -0.4 is 11.5 Å². The lowest BCUT2D eigenvalue weighted by Gasteiger charge is -2.23. The van der Waals surface area contributed by atoms with Gasteiger partial charge < -0.3 is 11.5 Å². The maximum Gasteiger partial charge on any atom is 0.129 e. The van der Waals surface area contributed by atoms with Crippen molar-refractivity contribution in [1.29, 1.82) is 0 Å². The third-order valence-electron chi connectivity index (χ3n) is 3.59. The van der Waals surface area contributed by atoms with Crippen molar-refractivity contribution in [2.24, 2.45) is 0 Å². The van der Waals surface area contributed by atoms with Gasteiger partial charge in [-0.2, -0.15) is 0 Å². The Morgan fingerprint density at radius 3 is 2.12 bits per heavy atom. The lowest BCUT2D eigenvalue weighted by Crippen LogP contribution is -2.18. The zero-order valence-corrected chi connectivity index (χ0v) is 10.3. The van der Waals surface area contributed by atoms with E-state index in [2.05, 4.69) is 27.7 Å². The fourth-order valence-electron chi connectivity index (χ4n) is 3.33. The Balaban J connectivity index is 2.85. The van der Waals surface area contributed by atoms with E-state index in [1.165, 1.54) is 6.07 Å². The van der Waals surface area contributed by atoms with Gasteiger partial charge in [0.05, 0.1) is 11.4 Å². The molecule has 0 amide bonds. The predicted octanol–water partition coefficient (Wildman–Crippen LogP) is 2.95. The van der Waals surface area contributed by atoms with Crippen molar-refractivity contribution in [2.45, 2.75) is 44.9 Å². The highest BCUT2D eigenvalue weighted by Gasteiger charge is 2.45. The minimum Gasteiger partial charge on any atom is -0.397 e. The van der Waals surface area contributed by atoms with Gasteiger partial charge >= 0.3 is 0 Å². The number of halogens is 1. The van der Waals surface area contributed by atoms with Gasteiger partial charge in [-0.25, -0.2) is 4.39 Å². The quantitative estimate of drug-likeness (QED) is 0.663. The maximum atomic E-state index is 14.0. The molecule has 2 rings (SSSR count). The van der Waals surface area contributed by atoms with Crippen LogP contribution in [0.5, 0.6) is 0 Å². The normalized spacial score (nSPS) is 20.8. The fourth-order valence-corrected chi connectivity index (χ4v) is 3.33. The van der Waals surface area contributed by atoms with E-state index in [0.717, 1.165) is 17.5 Å². The molecule has 0 spiro atoms. The summed E-state index contributed by atoms with van der Waals surface area (Å²) in [5.41, 5.74) is 14.0. The van der Waals surface area contributed by atoms with Crippen LogP contribution in [0.3, 0.4) is 0 Å². The minimum atomic E-state index is -0.225. The van der Waals surface area contributed by atoms with Gasteiger partial charge in [0.25, 0.3) is 0 Å². The van der Waals surface area contributed by atoms with Crippen molar-refractivity contribution in [3.05, 3.63) is 23.0 Å². The lowest BCUT2D eigenvalue weighted by molar-refractivity contribution is 0.397. The van der Waals surface area contributed by atoms with E-state index in [1.54, 1.807) is 0 Å². The van der Waals surface area contributed by atoms with E-state index in [9.17, 15) is 4.39 Å². The Morgan fingerprint density at radius 2 is 1.56 bits per heavy atom. The van der Waals surface area contributed by atoms with Crippen LogP contribution in [0.15, 0.2) is 6.07 Å². The number of hydrogen-bond acceptors (Lipinski definition) is 2. The largest absolute Gasteiger partial charge is 0.397 e. The first kappa shape index (κ1) is 11.2. The van der Waals surface area contributed by atoms with Crippen molar-refractivity contribution in [3.63, 3.8) is 0 Å². The van der Waals surface area contributed by atoms with Crippen molar-refractivity contribution in [3.8, 4) is 0 Å². The third kappa shape index (κ3) is 1.30. The van der Waals surface area contributed by atoms with Crippen LogP contribution in [0.2, 0.25) is 0 Å². The molecule has 3 heteroatoms. The summed E-state index contributed by atoms with van der Waals surface area (Å²) in [6.07, 6.45) is 0.889. The summed E-state index contributed by atoms with van der Waals surface area (Å²) < 4.78 is 14.0. The first-order chi connectivity index (χ1) is 7.17. The summed E-state index contributed by atoms with van der Waals surface area (Å²) in [5, 5.41) is 0. The van der Waals surface area contributed by atoms with Gasteiger partial charge in [0.15, 0.2) is 0 Å². The monoisotopic (exact) mass is 222 g/mol. The zero-order chi connectivity index (χ0) is 12.3. The molecule has 4 N–H and O–H groups in total. The van der Waals surface area contributed by atoms with Crippen LogP contribution in [-0.2, 0) is 10.8 Å². The number of benzene rings is 1. The summed E-state index contributed by atoms with van der Waals surface area (Å²) in [6.45, 7) is 8.30. The smallest absolute Gasteiger partial charge is 0.129 e. The van der Waals surface area contributed by atoms with Crippen LogP contribution >= 0.6 is 0 Å². The Kier molecular flexibility index (Phi) is 2.04. The molecule has 0 aliphatic heterocycles. The van der Waals surface area contributed by atoms with Crippen LogP contribution in [0, 0.1) is 5.82 Å². The van der Waals surface area contributed by atoms with Gasteiger partial charge in [-0.1, -0.05) is 27.7 Å². The molecule has 1 aliphatic rings. The average Bonchev–Trinajstić information content (AvgIpc) is 2.27. The molecule has 0 aromatic heterocycles. The van der Waals surface area contributed by atoms with E-state index in [1.807, 2.05) is 0 Å². The van der Waals surface area contributed by atoms with Gasteiger partial charge in [0.1, 0.15) is 5.82 Å². The molecule has 0 heterocycles. The number of anilines is 2. The van der Waals surface area contributed by atoms with Crippen molar-refractivity contribution in [2.75, 3.05) is 11.5 Å². The molecule has 88 valence electrons. The third-order valence-corrected chi connectivity index (χ3v) is 3.59. The van der Waals surface area contributed by atoms with Crippen molar-refractivity contribution < 1.29 is 4.39 Å². The second kappa shape index (κ2) is 2.90.